The van der Waals surface area contributed by atoms with E-state index in [0.29, 0.717) is 36.1 Å². The molecule has 5 nitrogen and oxygen atoms in total. The maximum absolute atomic E-state index is 12.1. The largest absolute Gasteiger partial charge is 0.497 e. The summed E-state index contributed by atoms with van der Waals surface area (Å²) in [4.78, 5) is 12.1. The van der Waals surface area contributed by atoms with Gasteiger partial charge in [-0.25, -0.2) is 0 Å². The molecule has 1 atom stereocenters. The Hall–Kier alpha value is -1.75. The van der Waals surface area contributed by atoms with Crippen LogP contribution in [0, 0.1) is 5.92 Å². The van der Waals surface area contributed by atoms with Gasteiger partial charge >= 0.3 is 0 Å². The lowest BCUT2D eigenvalue weighted by Crippen LogP contribution is -2.25. The molecule has 1 unspecified atom stereocenters. The van der Waals surface area contributed by atoms with Gasteiger partial charge in [-0.3, -0.25) is 4.79 Å². The second kappa shape index (κ2) is 8.43. The Kier molecular flexibility index (Phi) is 6.87. The molecule has 0 radical (unpaired) electrons. The van der Waals surface area contributed by atoms with E-state index in [0.717, 1.165) is 12.8 Å². The number of carbonyl (C=O) groups excluding carboxylic acids is 1. The summed E-state index contributed by atoms with van der Waals surface area (Å²) in [6.07, 6.45) is 1.93. The second-order valence-electron chi connectivity index (χ2n) is 4.81. The van der Waals surface area contributed by atoms with Crippen LogP contribution in [0.5, 0.6) is 11.5 Å². The predicted octanol–water partition coefficient (Wildman–Crippen LogP) is 1.81. The van der Waals surface area contributed by atoms with Gasteiger partial charge in [0.15, 0.2) is 0 Å². The normalized spacial score (nSPS) is 11.8. The number of amides is 1. The molecule has 5 heteroatoms. The minimum absolute atomic E-state index is 0.134. The Balaban J connectivity index is 2.55. The minimum atomic E-state index is -0.134. The highest BCUT2D eigenvalue weighted by molar-refractivity contribution is 5.97. The molecule has 112 valence electrons. The summed E-state index contributed by atoms with van der Waals surface area (Å²) in [5, 5.41) is 2.89. The van der Waals surface area contributed by atoms with E-state index in [1.807, 2.05) is 0 Å². The number of hydrogen-bond acceptors (Lipinski definition) is 4. The molecular weight excluding hydrogens is 256 g/mol. The fourth-order valence-corrected chi connectivity index (χ4v) is 1.85. The highest BCUT2D eigenvalue weighted by Crippen LogP contribution is 2.24. The third-order valence-corrected chi connectivity index (χ3v) is 3.21. The van der Waals surface area contributed by atoms with Crippen molar-refractivity contribution in [3.05, 3.63) is 23.8 Å². The summed E-state index contributed by atoms with van der Waals surface area (Å²) in [5.41, 5.74) is 6.07. The van der Waals surface area contributed by atoms with E-state index in [9.17, 15) is 4.79 Å². The summed E-state index contributed by atoms with van der Waals surface area (Å²) in [6.45, 7) is 3.42. The van der Waals surface area contributed by atoms with Crippen molar-refractivity contribution in [3.8, 4) is 11.5 Å². The summed E-state index contributed by atoms with van der Waals surface area (Å²) in [7, 11) is 3.11. The average Bonchev–Trinajstić information content (AvgIpc) is 2.50. The number of methoxy groups -OCH3 is 2. The topological polar surface area (TPSA) is 73.6 Å². The summed E-state index contributed by atoms with van der Waals surface area (Å²) < 4.78 is 10.3. The lowest BCUT2D eigenvalue weighted by molar-refractivity contribution is 0.0949. The molecule has 0 saturated heterocycles. The predicted molar refractivity (Wildman–Crippen MR) is 79.3 cm³/mol. The van der Waals surface area contributed by atoms with Crippen LogP contribution in [0.4, 0.5) is 0 Å². The van der Waals surface area contributed by atoms with Crippen molar-refractivity contribution in [2.75, 3.05) is 27.3 Å². The quantitative estimate of drug-likeness (QED) is 0.712. The van der Waals surface area contributed by atoms with E-state index in [4.69, 9.17) is 15.2 Å². The number of nitrogens with one attached hydrogen (secondary N) is 1. The smallest absolute Gasteiger partial charge is 0.255 e. The van der Waals surface area contributed by atoms with Crippen LogP contribution in [-0.2, 0) is 0 Å². The van der Waals surface area contributed by atoms with Gasteiger partial charge in [0.05, 0.1) is 19.8 Å². The third kappa shape index (κ3) is 4.74. The molecule has 0 bridgehead atoms. The Labute approximate surface area is 120 Å². The monoisotopic (exact) mass is 280 g/mol. The van der Waals surface area contributed by atoms with Crippen molar-refractivity contribution in [2.45, 2.75) is 19.8 Å². The van der Waals surface area contributed by atoms with Crippen LogP contribution in [0.25, 0.3) is 0 Å². The van der Waals surface area contributed by atoms with Crippen molar-refractivity contribution in [1.82, 2.24) is 5.32 Å². The lowest BCUT2D eigenvalue weighted by Gasteiger charge is -2.11. The molecule has 0 heterocycles. The summed E-state index contributed by atoms with van der Waals surface area (Å²) in [5.74, 6) is 1.53. The van der Waals surface area contributed by atoms with Gasteiger partial charge < -0.3 is 20.5 Å². The first-order chi connectivity index (χ1) is 9.62. The highest BCUT2D eigenvalue weighted by atomic mass is 16.5. The maximum Gasteiger partial charge on any atom is 0.255 e. The molecule has 0 saturated carbocycles. The van der Waals surface area contributed by atoms with Gasteiger partial charge in [0.25, 0.3) is 5.91 Å². The van der Waals surface area contributed by atoms with Crippen LogP contribution in [0.15, 0.2) is 18.2 Å². The van der Waals surface area contributed by atoms with Crippen LogP contribution in [-0.4, -0.2) is 33.2 Å². The number of nitrogens with two attached hydrogens (primary N) is 1. The maximum atomic E-state index is 12.1. The molecule has 0 aliphatic rings. The zero-order valence-corrected chi connectivity index (χ0v) is 12.4. The average molecular weight is 280 g/mol. The molecule has 3 N–H and O–H groups in total. The van der Waals surface area contributed by atoms with Crippen LogP contribution < -0.4 is 20.5 Å². The minimum Gasteiger partial charge on any atom is -0.497 e. The van der Waals surface area contributed by atoms with Crippen molar-refractivity contribution in [3.63, 3.8) is 0 Å². The van der Waals surface area contributed by atoms with Gasteiger partial charge in [0.1, 0.15) is 11.5 Å². The molecule has 1 rings (SSSR count). The number of hydrogen-bond donors (Lipinski definition) is 2. The zero-order chi connectivity index (χ0) is 15.0. The van der Waals surface area contributed by atoms with E-state index in [-0.39, 0.29) is 5.91 Å². The molecule has 0 aromatic heterocycles. The standard InChI is InChI=1S/C15H24N2O3/c1-11(10-16)5-4-8-17-15(18)13-7-6-12(19-2)9-14(13)20-3/h6-7,9,11H,4-5,8,10,16H2,1-3H3,(H,17,18). The third-order valence-electron chi connectivity index (χ3n) is 3.21. The number of benzene rings is 1. The first-order valence-electron chi connectivity index (χ1n) is 6.82. The van der Waals surface area contributed by atoms with Crippen LogP contribution in [0.3, 0.4) is 0 Å². The highest BCUT2D eigenvalue weighted by Gasteiger charge is 2.12. The fraction of sp³-hybridized carbons (Fsp3) is 0.533. The van der Waals surface area contributed by atoms with Crippen LogP contribution >= 0.6 is 0 Å². The lowest BCUT2D eigenvalue weighted by atomic mass is 10.1. The van der Waals surface area contributed by atoms with E-state index in [1.54, 1.807) is 25.3 Å². The van der Waals surface area contributed by atoms with E-state index in [1.165, 1.54) is 7.11 Å². The van der Waals surface area contributed by atoms with Crippen molar-refractivity contribution >= 4 is 5.91 Å². The molecule has 0 fully saturated rings. The van der Waals surface area contributed by atoms with Gasteiger partial charge in [0.2, 0.25) is 0 Å². The van der Waals surface area contributed by atoms with E-state index in [2.05, 4.69) is 12.2 Å². The van der Waals surface area contributed by atoms with Crippen LogP contribution in [0.1, 0.15) is 30.1 Å². The number of carbonyl (C=O) groups is 1. The Bertz CT molecular complexity index is 435. The molecular formula is C15H24N2O3. The van der Waals surface area contributed by atoms with Gasteiger partial charge in [-0.05, 0) is 37.4 Å². The van der Waals surface area contributed by atoms with Gasteiger partial charge in [-0.1, -0.05) is 6.92 Å². The van der Waals surface area contributed by atoms with Gasteiger partial charge in [-0.2, -0.15) is 0 Å². The number of ether oxygens (including phenoxy) is 2. The Morgan fingerprint density at radius 1 is 1.35 bits per heavy atom. The van der Waals surface area contributed by atoms with Crippen molar-refractivity contribution < 1.29 is 14.3 Å². The SMILES string of the molecule is COc1ccc(C(=O)NCCCC(C)CN)c(OC)c1. The molecule has 1 aromatic rings. The molecule has 1 aromatic carbocycles. The number of rotatable bonds is 8. The molecule has 1 amide bonds. The van der Waals surface area contributed by atoms with Crippen molar-refractivity contribution in [2.24, 2.45) is 11.7 Å². The second-order valence-corrected chi connectivity index (χ2v) is 4.81. The molecule has 0 aliphatic carbocycles. The molecule has 0 spiro atoms. The first-order valence-corrected chi connectivity index (χ1v) is 6.82. The summed E-state index contributed by atoms with van der Waals surface area (Å²) in [6, 6.07) is 5.15. The van der Waals surface area contributed by atoms with Gasteiger partial charge in [0, 0.05) is 12.6 Å². The molecule has 0 aliphatic heterocycles. The molecule has 20 heavy (non-hydrogen) atoms. The summed E-state index contributed by atoms with van der Waals surface area (Å²) >= 11 is 0. The Morgan fingerprint density at radius 2 is 2.10 bits per heavy atom. The van der Waals surface area contributed by atoms with E-state index >= 15 is 0 Å². The Morgan fingerprint density at radius 3 is 2.70 bits per heavy atom. The van der Waals surface area contributed by atoms with Gasteiger partial charge in [-0.15, -0.1) is 0 Å². The fourth-order valence-electron chi connectivity index (χ4n) is 1.85. The van der Waals surface area contributed by atoms with Crippen molar-refractivity contribution in [1.29, 1.82) is 0 Å². The van der Waals surface area contributed by atoms with Crippen LogP contribution in [0.2, 0.25) is 0 Å². The first kappa shape index (κ1) is 16.3. The van der Waals surface area contributed by atoms with E-state index < -0.39 is 0 Å². The zero-order valence-electron chi connectivity index (χ0n) is 12.4.